The Balaban J connectivity index is 1.51. The molecule has 0 N–H and O–H groups in total. The van der Waals surface area contributed by atoms with Crippen LogP contribution in [0.1, 0.15) is 0 Å². The average molecular weight is 508 g/mol. The summed E-state index contributed by atoms with van der Waals surface area (Å²) in [7, 11) is 0. The third kappa shape index (κ3) is 4.98. The number of halogens is 1. The first-order chi connectivity index (χ1) is 18.8. The largest absolute Gasteiger partial charge is 0.310 e. The SMILES string of the molecule is Clc1cccc(N(c2ccc(-c3ccccc3)cc2)c2ccc(-c3ccccc3)c(-c3ccccc3)c2)c1. The van der Waals surface area contributed by atoms with E-state index >= 15 is 0 Å². The van der Waals surface area contributed by atoms with Crippen molar-refractivity contribution in [2.24, 2.45) is 0 Å². The highest BCUT2D eigenvalue weighted by atomic mass is 35.5. The Morgan fingerprint density at radius 2 is 0.842 bits per heavy atom. The maximum Gasteiger partial charge on any atom is 0.0476 e. The van der Waals surface area contributed by atoms with Gasteiger partial charge in [-0.25, -0.2) is 0 Å². The van der Waals surface area contributed by atoms with Gasteiger partial charge in [-0.3, -0.25) is 0 Å². The van der Waals surface area contributed by atoms with E-state index in [1.54, 1.807) is 0 Å². The first-order valence-corrected chi connectivity index (χ1v) is 13.1. The van der Waals surface area contributed by atoms with Gasteiger partial charge < -0.3 is 4.90 Å². The average Bonchev–Trinajstić information content (AvgIpc) is 2.99. The zero-order chi connectivity index (χ0) is 25.7. The fraction of sp³-hybridized carbons (Fsp3) is 0. The second-order valence-corrected chi connectivity index (χ2v) is 9.63. The molecule has 0 bridgehead atoms. The number of benzene rings is 6. The van der Waals surface area contributed by atoms with Crippen LogP contribution in [0.3, 0.4) is 0 Å². The molecule has 0 saturated heterocycles. The minimum absolute atomic E-state index is 0.706. The van der Waals surface area contributed by atoms with Crippen LogP contribution in [0.4, 0.5) is 17.1 Å². The van der Waals surface area contributed by atoms with Gasteiger partial charge in [0.1, 0.15) is 0 Å². The minimum Gasteiger partial charge on any atom is -0.310 e. The summed E-state index contributed by atoms with van der Waals surface area (Å²) >= 11 is 6.47. The van der Waals surface area contributed by atoms with E-state index in [-0.39, 0.29) is 0 Å². The third-order valence-corrected chi connectivity index (χ3v) is 6.97. The minimum atomic E-state index is 0.706. The van der Waals surface area contributed by atoms with Crippen LogP contribution in [0.5, 0.6) is 0 Å². The maximum absolute atomic E-state index is 6.47. The summed E-state index contributed by atoms with van der Waals surface area (Å²) in [6, 6.07) is 55.0. The first-order valence-electron chi connectivity index (χ1n) is 12.7. The molecule has 6 rings (SSSR count). The van der Waals surface area contributed by atoms with Crippen LogP contribution in [0.15, 0.2) is 158 Å². The molecule has 0 aromatic heterocycles. The van der Waals surface area contributed by atoms with Gasteiger partial charge in [0, 0.05) is 22.1 Å². The summed E-state index contributed by atoms with van der Waals surface area (Å²) in [4.78, 5) is 2.27. The van der Waals surface area contributed by atoms with Crippen LogP contribution < -0.4 is 4.90 Å². The molecule has 0 amide bonds. The lowest BCUT2D eigenvalue weighted by molar-refractivity contribution is 1.28. The molecule has 0 saturated carbocycles. The highest BCUT2D eigenvalue weighted by Crippen LogP contribution is 2.41. The summed E-state index contributed by atoms with van der Waals surface area (Å²) in [5, 5.41) is 0.706. The lowest BCUT2D eigenvalue weighted by Crippen LogP contribution is -2.10. The van der Waals surface area contributed by atoms with Crippen molar-refractivity contribution < 1.29 is 0 Å². The smallest absolute Gasteiger partial charge is 0.0476 e. The third-order valence-electron chi connectivity index (χ3n) is 6.73. The summed E-state index contributed by atoms with van der Waals surface area (Å²) in [5.74, 6) is 0. The normalized spacial score (nSPS) is 10.8. The zero-order valence-electron chi connectivity index (χ0n) is 20.8. The summed E-state index contributed by atoms with van der Waals surface area (Å²) in [5.41, 5.74) is 10.3. The molecular formula is C36H26ClN. The van der Waals surface area contributed by atoms with Gasteiger partial charge in [0.25, 0.3) is 0 Å². The molecule has 0 aliphatic heterocycles. The molecule has 1 nitrogen and oxygen atoms in total. The van der Waals surface area contributed by atoms with Crippen molar-refractivity contribution in [3.05, 3.63) is 163 Å². The van der Waals surface area contributed by atoms with Crippen LogP contribution in [-0.4, -0.2) is 0 Å². The van der Waals surface area contributed by atoms with Gasteiger partial charge in [-0.05, 0) is 75.8 Å². The van der Waals surface area contributed by atoms with Crippen molar-refractivity contribution >= 4 is 28.7 Å². The van der Waals surface area contributed by atoms with E-state index in [1.165, 1.54) is 33.4 Å². The Hall–Kier alpha value is -4.59. The van der Waals surface area contributed by atoms with Crippen LogP contribution in [0.25, 0.3) is 33.4 Å². The lowest BCUT2D eigenvalue weighted by atomic mass is 9.93. The molecule has 182 valence electrons. The van der Waals surface area contributed by atoms with Gasteiger partial charge in [-0.1, -0.05) is 127 Å². The van der Waals surface area contributed by atoms with Crippen molar-refractivity contribution in [1.29, 1.82) is 0 Å². The van der Waals surface area contributed by atoms with Crippen LogP contribution in [0.2, 0.25) is 5.02 Å². The zero-order valence-corrected chi connectivity index (χ0v) is 21.6. The van der Waals surface area contributed by atoms with Crippen LogP contribution in [0, 0.1) is 0 Å². The van der Waals surface area contributed by atoms with Crippen molar-refractivity contribution in [2.45, 2.75) is 0 Å². The molecule has 6 aromatic rings. The maximum atomic E-state index is 6.47. The van der Waals surface area contributed by atoms with Crippen LogP contribution >= 0.6 is 11.6 Å². The molecule has 0 fully saturated rings. The topological polar surface area (TPSA) is 3.24 Å². The number of rotatable bonds is 6. The fourth-order valence-corrected chi connectivity index (χ4v) is 5.08. The Morgan fingerprint density at radius 3 is 1.45 bits per heavy atom. The molecule has 0 aliphatic carbocycles. The molecule has 38 heavy (non-hydrogen) atoms. The van der Waals surface area contributed by atoms with Gasteiger partial charge in [0.2, 0.25) is 0 Å². The Labute approximate surface area is 229 Å². The highest BCUT2D eigenvalue weighted by molar-refractivity contribution is 6.30. The predicted molar refractivity (Wildman–Crippen MR) is 162 cm³/mol. The van der Waals surface area contributed by atoms with E-state index in [9.17, 15) is 0 Å². The summed E-state index contributed by atoms with van der Waals surface area (Å²) in [6.45, 7) is 0. The van der Waals surface area contributed by atoms with Gasteiger partial charge in [0.05, 0.1) is 0 Å². The van der Waals surface area contributed by atoms with Gasteiger partial charge in [-0.15, -0.1) is 0 Å². The molecular weight excluding hydrogens is 482 g/mol. The van der Waals surface area contributed by atoms with E-state index in [2.05, 4.69) is 138 Å². The molecule has 0 spiro atoms. The molecule has 0 heterocycles. The summed E-state index contributed by atoms with van der Waals surface area (Å²) < 4.78 is 0. The molecule has 6 aromatic carbocycles. The molecule has 2 heteroatoms. The standard InChI is InChI=1S/C36H26ClN/c37-31-17-10-18-33(25-31)38(32-21-19-28(20-22-32)27-11-4-1-5-12-27)34-23-24-35(29-13-6-2-7-14-29)36(26-34)30-15-8-3-9-16-30/h1-26H. The van der Waals surface area contributed by atoms with Gasteiger partial charge in [-0.2, -0.15) is 0 Å². The van der Waals surface area contributed by atoms with E-state index in [4.69, 9.17) is 11.6 Å². The molecule has 0 atom stereocenters. The Bertz CT molecular complexity index is 1640. The predicted octanol–water partition coefficient (Wildman–Crippen LogP) is 10.8. The second-order valence-electron chi connectivity index (χ2n) is 9.19. The Morgan fingerprint density at radius 1 is 0.342 bits per heavy atom. The van der Waals surface area contributed by atoms with E-state index < -0.39 is 0 Å². The lowest BCUT2D eigenvalue weighted by Gasteiger charge is -2.27. The van der Waals surface area contributed by atoms with Crippen LogP contribution in [-0.2, 0) is 0 Å². The summed E-state index contributed by atoms with van der Waals surface area (Å²) in [6.07, 6.45) is 0. The van der Waals surface area contributed by atoms with Crippen molar-refractivity contribution in [3.63, 3.8) is 0 Å². The van der Waals surface area contributed by atoms with Crippen molar-refractivity contribution in [1.82, 2.24) is 0 Å². The molecule has 0 radical (unpaired) electrons. The van der Waals surface area contributed by atoms with E-state index in [1.807, 2.05) is 24.3 Å². The van der Waals surface area contributed by atoms with Crippen molar-refractivity contribution in [3.8, 4) is 33.4 Å². The van der Waals surface area contributed by atoms with Crippen molar-refractivity contribution in [2.75, 3.05) is 4.90 Å². The van der Waals surface area contributed by atoms with E-state index in [0.29, 0.717) is 5.02 Å². The monoisotopic (exact) mass is 507 g/mol. The second kappa shape index (κ2) is 10.8. The number of hydrogen-bond acceptors (Lipinski definition) is 1. The molecule has 0 unspecified atom stereocenters. The van der Waals surface area contributed by atoms with Gasteiger partial charge >= 0.3 is 0 Å². The highest BCUT2D eigenvalue weighted by Gasteiger charge is 2.16. The number of hydrogen-bond donors (Lipinski definition) is 0. The number of nitrogens with zero attached hydrogens (tertiary/aromatic N) is 1. The number of anilines is 3. The quantitative estimate of drug-likeness (QED) is 0.216. The Kier molecular flexibility index (Phi) is 6.76. The van der Waals surface area contributed by atoms with Gasteiger partial charge in [0.15, 0.2) is 0 Å². The first kappa shape index (κ1) is 23.8. The van der Waals surface area contributed by atoms with E-state index in [0.717, 1.165) is 17.1 Å². The fourth-order valence-electron chi connectivity index (χ4n) is 4.89. The molecule has 0 aliphatic rings.